The molecule has 1 aliphatic rings. The van der Waals surface area contributed by atoms with Crippen molar-refractivity contribution in [2.24, 2.45) is 0 Å². The molecule has 1 aliphatic heterocycles. The van der Waals surface area contributed by atoms with E-state index < -0.39 is 5.97 Å². The third kappa shape index (κ3) is 5.71. The number of nitrogens with one attached hydrogen (secondary N) is 2. The van der Waals surface area contributed by atoms with Crippen LogP contribution in [0, 0.1) is 27.7 Å². The Morgan fingerprint density at radius 1 is 1.02 bits per heavy atom. The van der Waals surface area contributed by atoms with Gasteiger partial charge < -0.3 is 25.2 Å². The maximum absolute atomic E-state index is 13.1. The van der Waals surface area contributed by atoms with Crippen LogP contribution in [0.25, 0.3) is 5.69 Å². The summed E-state index contributed by atoms with van der Waals surface area (Å²) in [6, 6.07) is 20.4. The molecule has 2 unspecified atom stereocenters. The number of thiocarbonyl (C=S) groups is 1. The molecule has 1 fully saturated rings. The highest BCUT2D eigenvalue weighted by atomic mass is 32.1. The van der Waals surface area contributed by atoms with E-state index in [9.17, 15) is 14.7 Å². The zero-order chi connectivity index (χ0) is 29.3. The van der Waals surface area contributed by atoms with E-state index in [1.54, 1.807) is 24.4 Å². The van der Waals surface area contributed by atoms with Crippen LogP contribution in [0.4, 0.5) is 5.69 Å². The lowest BCUT2D eigenvalue weighted by atomic mass is 9.96. The van der Waals surface area contributed by atoms with Crippen LogP contribution in [-0.4, -0.2) is 43.1 Å². The maximum Gasteiger partial charge on any atom is 0.335 e. The summed E-state index contributed by atoms with van der Waals surface area (Å²) in [5, 5.41) is 16.6. The normalized spacial score (nSPS) is 16.5. The number of nitrogens with zero attached hydrogens (tertiary/aromatic N) is 3. The molecule has 8 nitrogen and oxygen atoms in total. The van der Waals surface area contributed by atoms with E-state index in [1.165, 1.54) is 0 Å². The number of carboxylic acids is 1. The summed E-state index contributed by atoms with van der Waals surface area (Å²) in [5.41, 5.74) is 7.70. The zero-order valence-corrected chi connectivity index (χ0v) is 24.3. The Hall–Kier alpha value is -4.50. The van der Waals surface area contributed by atoms with Gasteiger partial charge in [0.2, 0.25) is 5.91 Å². The number of benzene rings is 2. The van der Waals surface area contributed by atoms with Crippen LogP contribution < -0.4 is 10.6 Å². The fourth-order valence-corrected chi connectivity index (χ4v) is 5.88. The summed E-state index contributed by atoms with van der Waals surface area (Å²) in [5.74, 6) is -1.06. The van der Waals surface area contributed by atoms with Gasteiger partial charge in [0.15, 0.2) is 5.11 Å². The molecule has 2 aromatic carbocycles. The highest BCUT2D eigenvalue weighted by Gasteiger charge is 2.41. The van der Waals surface area contributed by atoms with E-state index >= 15 is 0 Å². The Morgan fingerprint density at radius 3 is 2.56 bits per heavy atom. The third-order valence-electron chi connectivity index (χ3n) is 7.58. The number of carboxylic acid groups (broad SMARTS) is 1. The minimum atomic E-state index is -0.972. The summed E-state index contributed by atoms with van der Waals surface area (Å²) in [6.45, 7) is 8.42. The first kappa shape index (κ1) is 28.0. The Balaban J connectivity index is 1.48. The number of hydrogen-bond acceptors (Lipinski definition) is 4. The quantitative estimate of drug-likeness (QED) is 0.231. The molecule has 9 heteroatoms. The zero-order valence-electron chi connectivity index (χ0n) is 23.5. The number of carbonyl (C=O) groups is 2. The number of amides is 1. The summed E-state index contributed by atoms with van der Waals surface area (Å²) >= 11 is 5.82. The minimum Gasteiger partial charge on any atom is -0.478 e. The van der Waals surface area contributed by atoms with E-state index in [0.717, 1.165) is 45.1 Å². The van der Waals surface area contributed by atoms with Crippen LogP contribution in [-0.2, 0) is 4.79 Å². The first-order valence-corrected chi connectivity index (χ1v) is 13.9. The fraction of sp³-hybridized carbons (Fsp3) is 0.250. The summed E-state index contributed by atoms with van der Waals surface area (Å²) < 4.78 is 2.06. The fourth-order valence-electron chi connectivity index (χ4n) is 5.55. The molecule has 0 spiro atoms. The van der Waals surface area contributed by atoms with Crippen molar-refractivity contribution < 1.29 is 14.7 Å². The lowest BCUT2D eigenvalue weighted by molar-refractivity contribution is -0.116. The topological polar surface area (TPSA) is 99.5 Å². The van der Waals surface area contributed by atoms with Crippen LogP contribution in [0.1, 0.15) is 62.6 Å². The van der Waals surface area contributed by atoms with Crippen molar-refractivity contribution in [2.45, 2.75) is 46.2 Å². The largest absolute Gasteiger partial charge is 0.478 e. The van der Waals surface area contributed by atoms with E-state index in [-0.39, 0.29) is 30.0 Å². The van der Waals surface area contributed by atoms with Crippen molar-refractivity contribution in [3.63, 3.8) is 0 Å². The van der Waals surface area contributed by atoms with Gasteiger partial charge in [-0.3, -0.25) is 9.78 Å². The molecule has 3 heterocycles. The monoisotopic (exact) mass is 567 g/mol. The molecule has 0 aliphatic carbocycles. The molecule has 0 bridgehead atoms. The molecule has 41 heavy (non-hydrogen) atoms. The standard InChI is InChI=1S/C32H33N5O3S/c1-19-11-12-20(2)27(16-19)34-28(38)13-15-36-30(29(35-32(36)41)26-10-5-6-14-33-26)25-17-21(3)37(22(25)4)24-9-7-8-23(18-24)31(39)40/h5-12,14,16-18,29-30H,13,15H2,1-4H3,(H,34,38)(H,35,41)(H,39,40). The van der Waals surface area contributed by atoms with Crippen LogP contribution >= 0.6 is 12.2 Å². The van der Waals surface area contributed by atoms with Crippen LogP contribution in [0.3, 0.4) is 0 Å². The number of aromatic carboxylic acids is 1. The van der Waals surface area contributed by atoms with Gasteiger partial charge in [-0.25, -0.2) is 4.79 Å². The number of anilines is 1. The van der Waals surface area contributed by atoms with E-state index in [0.29, 0.717) is 11.7 Å². The van der Waals surface area contributed by atoms with Gasteiger partial charge in [-0.2, -0.15) is 0 Å². The summed E-state index contributed by atoms with van der Waals surface area (Å²) in [6.07, 6.45) is 2.01. The van der Waals surface area contributed by atoms with E-state index in [1.807, 2.05) is 70.2 Å². The molecular formula is C32H33N5O3S. The molecule has 1 saturated heterocycles. The predicted octanol–water partition coefficient (Wildman–Crippen LogP) is 5.81. The van der Waals surface area contributed by atoms with E-state index in [2.05, 4.69) is 31.2 Å². The second-order valence-electron chi connectivity index (χ2n) is 10.5. The van der Waals surface area contributed by atoms with Gasteiger partial charge >= 0.3 is 5.97 Å². The van der Waals surface area contributed by atoms with Crippen molar-refractivity contribution in [3.05, 3.63) is 112 Å². The first-order valence-electron chi connectivity index (χ1n) is 13.5. The molecule has 1 amide bonds. The van der Waals surface area contributed by atoms with Crippen LogP contribution in [0.5, 0.6) is 0 Å². The van der Waals surface area contributed by atoms with Gasteiger partial charge in [-0.1, -0.05) is 24.3 Å². The molecule has 3 N–H and O–H groups in total. The molecule has 5 rings (SSSR count). The number of aryl methyl sites for hydroxylation is 3. The molecule has 4 aromatic rings. The second-order valence-corrected chi connectivity index (χ2v) is 10.8. The summed E-state index contributed by atoms with van der Waals surface area (Å²) in [7, 11) is 0. The number of pyridine rings is 1. The lowest BCUT2D eigenvalue weighted by Crippen LogP contribution is -2.33. The number of carbonyl (C=O) groups excluding carboxylic acids is 1. The van der Waals surface area contributed by atoms with Crippen molar-refractivity contribution in [2.75, 3.05) is 11.9 Å². The number of aromatic nitrogens is 2. The average Bonchev–Trinajstić information content (AvgIpc) is 3.44. The van der Waals surface area contributed by atoms with Gasteiger partial charge in [0.05, 0.1) is 23.3 Å². The van der Waals surface area contributed by atoms with Crippen LogP contribution in [0.15, 0.2) is 72.9 Å². The minimum absolute atomic E-state index is 0.0857. The average molecular weight is 568 g/mol. The SMILES string of the molecule is Cc1ccc(C)c(NC(=O)CCN2C(=S)NC(c3ccccn3)C2c2cc(C)n(-c3cccc(C(=O)O)c3)c2C)c1. The molecule has 2 aromatic heterocycles. The smallest absolute Gasteiger partial charge is 0.335 e. The van der Waals surface area contributed by atoms with Gasteiger partial charge in [0.25, 0.3) is 0 Å². The van der Waals surface area contributed by atoms with Crippen molar-refractivity contribution in [3.8, 4) is 5.69 Å². The Kier molecular flexibility index (Phi) is 7.90. The molecule has 210 valence electrons. The van der Waals surface area contributed by atoms with E-state index in [4.69, 9.17) is 12.2 Å². The second kappa shape index (κ2) is 11.5. The molecule has 0 saturated carbocycles. The van der Waals surface area contributed by atoms with Crippen molar-refractivity contribution >= 4 is 34.9 Å². The maximum atomic E-state index is 13.1. The highest BCUT2D eigenvalue weighted by molar-refractivity contribution is 7.80. The first-order chi connectivity index (χ1) is 19.6. The molecule has 0 radical (unpaired) electrons. The van der Waals surface area contributed by atoms with Gasteiger partial charge in [-0.05, 0) is 99.1 Å². The molecular weight excluding hydrogens is 534 g/mol. The van der Waals surface area contributed by atoms with Crippen molar-refractivity contribution in [1.82, 2.24) is 19.8 Å². The Bertz CT molecular complexity index is 1630. The Morgan fingerprint density at radius 2 is 1.83 bits per heavy atom. The summed E-state index contributed by atoms with van der Waals surface area (Å²) in [4.78, 5) is 31.4. The van der Waals surface area contributed by atoms with Crippen molar-refractivity contribution in [1.29, 1.82) is 0 Å². The van der Waals surface area contributed by atoms with Gasteiger partial charge in [-0.15, -0.1) is 0 Å². The highest BCUT2D eigenvalue weighted by Crippen LogP contribution is 2.41. The Labute approximate surface area is 245 Å². The van der Waals surface area contributed by atoms with Gasteiger partial charge in [0.1, 0.15) is 0 Å². The van der Waals surface area contributed by atoms with Crippen LogP contribution in [0.2, 0.25) is 0 Å². The molecule has 2 atom stereocenters. The predicted molar refractivity (Wildman–Crippen MR) is 164 cm³/mol. The lowest BCUT2D eigenvalue weighted by Gasteiger charge is -2.28. The number of rotatable bonds is 8. The third-order valence-corrected chi connectivity index (χ3v) is 7.94. The number of hydrogen-bond donors (Lipinski definition) is 3. The van der Waals surface area contributed by atoms with Gasteiger partial charge in [0, 0.05) is 41.9 Å².